The Morgan fingerprint density at radius 3 is 3.00 bits per heavy atom. The maximum Gasteiger partial charge on any atom is 0.331 e. The lowest BCUT2D eigenvalue weighted by Crippen LogP contribution is -2.00. The van der Waals surface area contributed by atoms with Crippen LogP contribution in [0.5, 0.6) is 0 Å². The Morgan fingerprint density at radius 1 is 1.38 bits per heavy atom. The van der Waals surface area contributed by atoms with Crippen LogP contribution in [-0.4, -0.2) is 16.1 Å². The van der Waals surface area contributed by atoms with Crippen LogP contribution in [0.3, 0.4) is 0 Å². The van der Waals surface area contributed by atoms with Crippen molar-refractivity contribution in [2.45, 2.75) is 13.5 Å². The molecule has 2 heterocycles. The first kappa shape index (κ1) is 16.6. The lowest BCUT2D eigenvalue weighted by atomic mass is 10.2. The molecule has 0 aliphatic rings. The van der Waals surface area contributed by atoms with E-state index in [4.69, 9.17) is 9.26 Å². The summed E-state index contributed by atoms with van der Waals surface area (Å²) in [6.45, 7) is 1.95. The maximum absolute atomic E-state index is 11.7. The molecule has 3 aromatic rings. The summed E-state index contributed by atoms with van der Waals surface area (Å²) in [6.07, 6.45) is 3.11. The van der Waals surface area contributed by atoms with Gasteiger partial charge in [-0.3, -0.25) is 0 Å². The Balaban J connectivity index is 1.57. The van der Waals surface area contributed by atoms with Crippen molar-refractivity contribution in [1.82, 2.24) is 10.1 Å². The van der Waals surface area contributed by atoms with Crippen molar-refractivity contribution in [3.63, 3.8) is 0 Å². The van der Waals surface area contributed by atoms with E-state index in [1.165, 1.54) is 11.0 Å². The van der Waals surface area contributed by atoms with Gasteiger partial charge in [-0.25, -0.2) is 4.79 Å². The molecule has 24 heavy (non-hydrogen) atoms. The third-order valence-electron chi connectivity index (χ3n) is 3.03. The van der Waals surface area contributed by atoms with Crippen LogP contribution in [-0.2, 0) is 16.1 Å². The van der Waals surface area contributed by atoms with Gasteiger partial charge < -0.3 is 9.26 Å². The van der Waals surface area contributed by atoms with Crippen molar-refractivity contribution in [2.24, 2.45) is 0 Å². The average molecular weight is 405 g/mol. The molecule has 0 amide bonds. The van der Waals surface area contributed by atoms with Gasteiger partial charge in [-0.15, -0.1) is 11.3 Å². The second-order valence-electron chi connectivity index (χ2n) is 4.91. The van der Waals surface area contributed by atoms with E-state index in [-0.39, 0.29) is 12.5 Å². The molecule has 0 bridgehead atoms. The van der Waals surface area contributed by atoms with E-state index < -0.39 is 5.97 Å². The smallest absolute Gasteiger partial charge is 0.331 e. The first-order valence-electron chi connectivity index (χ1n) is 7.10. The van der Waals surface area contributed by atoms with Crippen molar-refractivity contribution in [1.29, 1.82) is 0 Å². The SMILES string of the molecule is Cc1ccc(/C=C/C(=O)OCc2nc(-c3cccc(Br)c3)no2)s1. The minimum atomic E-state index is -0.455. The Hall–Kier alpha value is -2.25. The molecule has 0 aliphatic carbocycles. The normalized spacial score (nSPS) is 11.1. The Kier molecular flexibility index (Phi) is 5.22. The van der Waals surface area contributed by atoms with E-state index in [1.54, 1.807) is 17.4 Å². The molecule has 0 atom stereocenters. The van der Waals surface area contributed by atoms with Crippen molar-refractivity contribution >= 4 is 39.3 Å². The number of carbonyl (C=O) groups excluding carboxylic acids is 1. The minimum absolute atomic E-state index is 0.0619. The van der Waals surface area contributed by atoms with E-state index in [1.807, 2.05) is 43.3 Å². The molecule has 0 unspecified atom stereocenters. The molecule has 2 aromatic heterocycles. The van der Waals surface area contributed by atoms with Crippen LogP contribution >= 0.6 is 27.3 Å². The van der Waals surface area contributed by atoms with E-state index in [9.17, 15) is 4.79 Å². The highest BCUT2D eigenvalue weighted by Gasteiger charge is 2.10. The molecule has 0 spiro atoms. The molecule has 0 saturated carbocycles. The van der Waals surface area contributed by atoms with Gasteiger partial charge in [0, 0.05) is 25.9 Å². The zero-order valence-corrected chi connectivity index (χ0v) is 15.1. The quantitative estimate of drug-likeness (QED) is 0.458. The van der Waals surface area contributed by atoms with Crippen molar-refractivity contribution in [3.05, 3.63) is 62.6 Å². The Morgan fingerprint density at radius 2 is 2.25 bits per heavy atom. The molecule has 0 saturated heterocycles. The summed E-state index contributed by atoms with van der Waals surface area (Å²) < 4.78 is 11.1. The van der Waals surface area contributed by atoms with Crippen LogP contribution in [0.1, 0.15) is 15.6 Å². The molecule has 0 aliphatic heterocycles. The second-order valence-corrected chi connectivity index (χ2v) is 7.15. The zero-order valence-electron chi connectivity index (χ0n) is 12.7. The van der Waals surface area contributed by atoms with Gasteiger partial charge in [0.05, 0.1) is 0 Å². The average Bonchev–Trinajstić information content (AvgIpc) is 3.20. The van der Waals surface area contributed by atoms with E-state index >= 15 is 0 Å². The summed E-state index contributed by atoms with van der Waals surface area (Å²) in [4.78, 5) is 18.1. The fourth-order valence-electron chi connectivity index (χ4n) is 1.93. The summed E-state index contributed by atoms with van der Waals surface area (Å²) in [5.74, 6) is 0.244. The van der Waals surface area contributed by atoms with Crippen LogP contribution in [0.4, 0.5) is 0 Å². The predicted molar refractivity (Wildman–Crippen MR) is 95.3 cm³/mol. The van der Waals surface area contributed by atoms with E-state index in [0.717, 1.165) is 14.9 Å². The maximum atomic E-state index is 11.7. The number of ether oxygens (including phenoxy) is 1. The lowest BCUT2D eigenvalue weighted by molar-refractivity contribution is -0.139. The summed E-state index contributed by atoms with van der Waals surface area (Å²) in [6, 6.07) is 11.5. The second kappa shape index (κ2) is 7.55. The van der Waals surface area contributed by atoms with Gasteiger partial charge in [0.15, 0.2) is 6.61 Å². The monoisotopic (exact) mass is 404 g/mol. The molecule has 0 N–H and O–H groups in total. The van der Waals surface area contributed by atoms with Crippen LogP contribution in [0, 0.1) is 6.92 Å². The molecule has 5 nitrogen and oxygen atoms in total. The number of halogens is 1. The molecule has 7 heteroatoms. The van der Waals surface area contributed by atoms with Crippen LogP contribution in [0.2, 0.25) is 0 Å². The minimum Gasteiger partial charge on any atom is -0.452 e. The molecule has 0 fully saturated rings. The highest BCUT2D eigenvalue weighted by molar-refractivity contribution is 9.10. The Labute approximate surface area is 151 Å². The number of hydrogen-bond donors (Lipinski definition) is 0. The molecular formula is C17H13BrN2O3S. The number of thiophene rings is 1. The number of nitrogens with zero attached hydrogens (tertiary/aromatic N) is 2. The van der Waals surface area contributed by atoms with Gasteiger partial charge in [0.25, 0.3) is 5.89 Å². The highest BCUT2D eigenvalue weighted by Crippen LogP contribution is 2.20. The predicted octanol–water partition coefficient (Wildman–Crippen LogP) is 4.63. The summed E-state index contributed by atoms with van der Waals surface area (Å²) in [5, 5.41) is 3.89. The van der Waals surface area contributed by atoms with Crippen molar-refractivity contribution in [2.75, 3.05) is 0 Å². The van der Waals surface area contributed by atoms with Gasteiger partial charge in [-0.1, -0.05) is 33.2 Å². The standard InChI is InChI=1S/C17H13BrN2O3S/c1-11-5-6-14(24-11)7-8-16(21)22-10-15-19-17(20-23-15)12-3-2-4-13(18)9-12/h2-9H,10H2,1H3/b8-7+. The topological polar surface area (TPSA) is 65.2 Å². The molecule has 0 radical (unpaired) electrons. The van der Waals surface area contributed by atoms with Gasteiger partial charge >= 0.3 is 5.97 Å². The Bertz CT molecular complexity index is 885. The molecule has 1 aromatic carbocycles. The number of aromatic nitrogens is 2. The number of benzene rings is 1. The molecular weight excluding hydrogens is 392 g/mol. The number of hydrogen-bond acceptors (Lipinski definition) is 6. The van der Waals surface area contributed by atoms with Crippen LogP contribution in [0.15, 0.2) is 51.5 Å². The number of carbonyl (C=O) groups is 1. The third-order valence-corrected chi connectivity index (χ3v) is 4.49. The van der Waals surface area contributed by atoms with Crippen LogP contribution < -0.4 is 0 Å². The lowest BCUT2D eigenvalue weighted by Gasteiger charge is -1.96. The van der Waals surface area contributed by atoms with Crippen molar-refractivity contribution < 1.29 is 14.1 Å². The van der Waals surface area contributed by atoms with Gasteiger partial charge in [-0.2, -0.15) is 4.98 Å². The van der Waals surface area contributed by atoms with Gasteiger partial charge in [0.1, 0.15) is 0 Å². The first-order valence-corrected chi connectivity index (χ1v) is 8.71. The van der Waals surface area contributed by atoms with Crippen molar-refractivity contribution in [3.8, 4) is 11.4 Å². The fraction of sp³-hybridized carbons (Fsp3) is 0.118. The van der Waals surface area contributed by atoms with E-state index in [2.05, 4.69) is 26.1 Å². The summed E-state index contributed by atoms with van der Waals surface area (Å²) in [7, 11) is 0. The third kappa shape index (κ3) is 4.39. The van der Waals surface area contributed by atoms with Gasteiger partial charge in [-0.05, 0) is 37.3 Å². The number of rotatable bonds is 5. The fourth-order valence-corrected chi connectivity index (χ4v) is 3.11. The summed E-state index contributed by atoms with van der Waals surface area (Å²) >= 11 is 5.00. The van der Waals surface area contributed by atoms with E-state index in [0.29, 0.717) is 5.82 Å². The number of aryl methyl sites for hydroxylation is 1. The highest BCUT2D eigenvalue weighted by atomic mass is 79.9. The first-order chi connectivity index (χ1) is 11.6. The molecule has 122 valence electrons. The summed E-state index contributed by atoms with van der Waals surface area (Å²) in [5.41, 5.74) is 0.818. The number of esters is 1. The van der Waals surface area contributed by atoms with Gasteiger partial charge in [0.2, 0.25) is 5.82 Å². The zero-order chi connectivity index (χ0) is 16.9. The largest absolute Gasteiger partial charge is 0.452 e. The van der Waals surface area contributed by atoms with Crippen LogP contribution in [0.25, 0.3) is 17.5 Å². The molecule has 3 rings (SSSR count).